The fourth-order valence-electron chi connectivity index (χ4n) is 2.92. The van der Waals surface area contributed by atoms with Crippen LogP contribution >= 0.6 is 0 Å². The van der Waals surface area contributed by atoms with Crippen LogP contribution in [0.2, 0.25) is 0 Å². The van der Waals surface area contributed by atoms with Crippen LogP contribution in [0.25, 0.3) is 0 Å². The van der Waals surface area contributed by atoms with Gasteiger partial charge >= 0.3 is 5.97 Å². The smallest absolute Gasteiger partial charge is 0.345 e. The lowest BCUT2D eigenvalue weighted by molar-refractivity contribution is -0.385. The monoisotopic (exact) mass is 366 g/mol. The van der Waals surface area contributed by atoms with Crippen molar-refractivity contribution < 1.29 is 33.5 Å². The zero-order chi connectivity index (χ0) is 18.8. The summed E-state index contributed by atoms with van der Waals surface area (Å²) in [4.78, 5) is 36.5. The van der Waals surface area contributed by atoms with Gasteiger partial charge in [0, 0.05) is 19.2 Å². The Morgan fingerprint density at radius 2 is 1.85 bits per heavy atom. The van der Waals surface area contributed by atoms with Crippen molar-refractivity contribution in [3.63, 3.8) is 0 Å². The molecular formula is C16H18N2O8. The second kappa shape index (κ2) is 7.16. The van der Waals surface area contributed by atoms with Crippen LogP contribution in [0, 0.1) is 10.1 Å². The van der Waals surface area contributed by atoms with Crippen LogP contribution in [0.3, 0.4) is 0 Å². The van der Waals surface area contributed by atoms with Crippen LogP contribution in [0.4, 0.5) is 5.69 Å². The zero-order valence-electron chi connectivity index (χ0n) is 14.3. The molecule has 0 radical (unpaired) electrons. The molecule has 2 heterocycles. The summed E-state index contributed by atoms with van der Waals surface area (Å²) in [5.41, 5.74) is -0.768. The number of rotatable bonds is 4. The number of benzene rings is 1. The molecule has 1 aromatic carbocycles. The number of carbonyl (C=O) groups is 2. The van der Waals surface area contributed by atoms with Crippen LogP contribution < -0.4 is 9.47 Å². The first kappa shape index (κ1) is 17.9. The van der Waals surface area contributed by atoms with Crippen LogP contribution in [0.1, 0.15) is 24.2 Å². The third-order valence-corrected chi connectivity index (χ3v) is 4.01. The van der Waals surface area contributed by atoms with E-state index in [2.05, 4.69) is 0 Å². The normalized spacial score (nSPS) is 21.4. The average Bonchev–Trinajstić information content (AvgIpc) is 3.04. The highest BCUT2D eigenvalue weighted by Gasteiger charge is 2.30. The minimum absolute atomic E-state index is 0.0864. The average molecular weight is 366 g/mol. The van der Waals surface area contributed by atoms with Gasteiger partial charge in [-0.15, -0.1) is 0 Å². The molecule has 1 saturated heterocycles. The van der Waals surface area contributed by atoms with Crippen molar-refractivity contribution in [1.82, 2.24) is 4.90 Å². The van der Waals surface area contributed by atoms with Gasteiger partial charge in [0.25, 0.3) is 11.6 Å². The van der Waals surface area contributed by atoms with Gasteiger partial charge in [-0.3, -0.25) is 14.9 Å². The summed E-state index contributed by atoms with van der Waals surface area (Å²) in [6.07, 6.45) is -0.235. The molecule has 2 unspecified atom stereocenters. The Hall–Kier alpha value is -2.88. The number of ether oxygens (including phenoxy) is 4. The molecule has 26 heavy (non-hydrogen) atoms. The van der Waals surface area contributed by atoms with E-state index in [1.54, 1.807) is 4.90 Å². The van der Waals surface area contributed by atoms with Gasteiger partial charge in [-0.1, -0.05) is 0 Å². The Balaban J connectivity index is 1.68. The number of carbonyl (C=O) groups excluding carboxylic acids is 2. The number of hydrogen-bond acceptors (Lipinski definition) is 8. The van der Waals surface area contributed by atoms with Gasteiger partial charge in [0.2, 0.25) is 6.79 Å². The number of fused-ring (bicyclic) bond motifs is 1. The summed E-state index contributed by atoms with van der Waals surface area (Å²) < 4.78 is 20.7. The SMILES string of the molecule is CC1CN(C(=O)COC(=O)c2cc3c(cc2[N+](=O)[O-])OCO3)CC(C)O1. The van der Waals surface area contributed by atoms with E-state index < -0.39 is 23.2 Å². The lowest BCUT2D eigenvalue weighted by atomic mass is 10.1. The van der Waals surface area contributed by atoms with Crippen LogP contribution in [-0.2, 0) is 14.3 Å². The molecule has 0 bridgehead atoms. The van der Waals surface area contributed by atoms with Gasteiger partial charge in [-0.25, -0.2) is 4.79 Å². The molecule has 1 amide bonds. The lowest BCUT2D eigenvalue weighted by Gasteiger charge is -2.35. The molecule has 0 spiro atoms. The Morgan fingerprint density at radius 1 is 1.23 bits per heavy atom. The maximum atomic E-state index is 12.3. The summed E-state index contributed by atoms with van der Waals surface area (Å²) >= 11 is 0. The molecule has 0 aromatic heterocycles. The maximum Gasteiger partial charge on any atom is 0.345 e. The molecule has 0 aliphatic carbocycles. The Kier molecular flexibility index (Phi) is 4.94. The first-order chi connectivity index (χ1) is 12.3. The first-order valence-electron chi connectivity index (χ1n) is 8.03. The Labute approximate surface area is 148 Å². The molecule has 1 fully saturated rings. The number of hydrogen-bond donors (Lipinski definition) is 0. The van der Waals surface area contributed by atoms with Crippen molar-refractivity contribution in [3.8, 4) is 11.5 Å². The third kappa shape index (κ3) is 3.69. The molecule has 1 aromatic rings. The van der Waals surface area contributed by atoms with Crippen molar-refractivity contribution in [2.24, 2.45) is 0 Å². The standard InChI is InChI=1S/C16H18N2O8/c1-9-5-17(6-10(2)26-9)15(19)7-23-16(20)11-3-13-14(25-8-24-13)4-12(11)18(21)22/h3-4,9-10H,5-8H2,1-2H3. The van der Waals surface area contributed by atoms with Gasteiger partial charge in [0.15, 0.2) is 18.1 Å². The largest absolute Gasteiger partial charge is 0.454 e. The minimum Gasteiger partial charge on any atom is -0.454 e. The molecule has 2 aliphatic rings. The van der Waals surface area contributed by atoms with Gasteiger partial charge in [-0.05, 0) is 13.8 Å². The van der Waals surface area contributed by atoms with Gasteiger partial charge in [0.1, 0.15) is 5.56 Å². The first-order valence-corrected chi connectivity index (χ1v) is 8.03. The highest BCUT2D eigenvalue weighted by Crippen LogP contribution is 2.38. The molecule has 2 atom stereocenters. The van der Waals surface area contributed by atoms with E-state index in [0.717, 1.165) is 6.07 Å². The van der Waals surface area contributed by atoms with E-state index in [1.165, 1.54) is 6.07 Å². The second-order valence-corrected chi connectivity index (χ2v) is 6.11. The summed E-state index contributed by atoms with van der Waals surface area (Å²) in [6, 6.07) is 2.29. The lowest BCUT2D eigenvalue weighted by Crippen LogP contribution is -2.49. The maximum absolute atomic E-state index is 12.3. The van der Waals surface area contributed by atoms with E-state index in [1.807, 2.05) is 13.8 Å². The van der Waals surface area contributed by atoms with E-state index in [4.69, 9.17) is 18.9 Å². The zero-order valence-corrected chi connectivity index (χ0v) is 14.3. The predicted molar refractivity (Wildman–Crippen MR) is 86.1 cm³/mol. The van der Waals surface area contributed by atoms with Crippen LogP contribution in [0.15, 0.2) is 12.1 Å². The highest BCUT2D eigenvalue weighted by molar-refractivity contribution is 5.96. The predicted octanol–water partition coefficient (Wildman–Crippen LogP) is 1.12. The number of nitro groups is 1. The summed E-state index contributed by atoms with van der Waals surface area (Å²) in [6.45, 7) is 3.88. The van der Waals surface area contributed by atoms with Crippen molar-refractivity contribution in [2.45, 2.75) is 26.1 Å². The fourth-order valence-corrected chi connectivity index (χ4v) is 2.92. The van der Waals surface area contributed by atoms with Crippen molar-refractivity contribution >= 4 is 17.6 Å². The van der Waals surface area contributed by atoms with E-state index >= 15 is 0 Å². The van der Waals surface area contributed by atoms with Gasteiger partial charge in [-0.2, -0.15) is 0 Å². The molecule has 2 aliphatic heterocycles. The van der Waals surface area contributed by atoms with E-state index in [-0.39, 0.29) is 42.0 Å². The quantitative estimate of drug-likeness (QED) is 0.442. The Bertz CT molecular complexity index is 740. The van der Waals surface area contributed by atoms with E-state index in [9.17, 15) is 19.7 Å². The van der Waals surface area contributed by atoms with Crippen molar-refractivity contribution in [2.75, 3.05) is 26.5 Å². The number of esters is 1. The Morgan fingerprint density at radius 3 is 2.46 bits per heavy atom. The number of nitro benzene ring substituents is 1. The van der Waals surface area contributed by atoms with Crippen LogP contribution in [0.5, 0.6) is 11.5 Å². The molecule has 0 N–H and O–H groups in total. The summed E-state index contributed by atoms with van der Waals surface area (Å²) in [5.74, 6) is -0.966. The van der Waals surface area contributed by atoms with Gasteiger partial charge < -0.3 is 23.8 Å². The molecule has 10 heteroatoms. The van der Waals surface area contributed by atoms with Gasteiger partial charge in [0.05, 0.1) is 23.2 Å². The third-order valence-electron chi connectivity index (χ3n) is 4.01. The minimum atomic E-state index is -0.974. The number of amides is 1. The summed E-state index contributed by atoms with van der Waals surface area (Å²) in [7, 11) is 0. The molecular weight excluding hydrogens is 348 g/mol. The van der Waals surface area contributed by atoms with Crippen LogP contribution in [-0.4, -0.2) is 60.4 Å². The molecule has 3 rings (SSSR count). The molecule has 0 saturated carbocycles. The number of nitrogens with zero attached hydrogens (tertiary/aromatic N) is 2. The molecule has 10 nitrogen and oxygen atoms in total. The van der Waals surface area contributed by atoms with E-state index in [0.29, 0.717) is 13.1 Å². The fraction of sp³-hybridized carbons (Fsp3) is 0.500. The van der Waals surface area contributed by atoms with Crippen molar-refractivity contribution in [3.05, 3.63) is 27.8 Å². The molecule has 140 valence electrons. The van der Waals surface area contributed by atoms with Crippen molar-refractivity contribution in [1.29, 1.82) is 0 Å². The number of morpholine rings is 1. The highest BCUT2D eigenvalue weighted by atomic mass is 16.7. The topological polar surface area (TPSA) is 117 Å². The summed E-state index contributed by atoms with van der Waals surface area (Å²) in [5, 5.41) is 11.2. The second-order valence-electron chi connectivity index (χ2n) is 6.11.